The van der Waals surface area contributed by atoms with Crippen molar-refractivity contribution in [3.8, 4) is 0 Å². The van der Waals surface area contributed by atoms with Gasteiger partial charge in [-0.2, -0.15) is 0 Å². The smallest absolute Gasteiger partial charge is 0.338 e. The molecule has 5 nitrogen and oxygen atoms in total. The Kier molecular flexibility index (Phi) is 8.49. The highest BCUT2D eigenvalue weighted by molar-refractivity contribution is 7.67. The fraction of sp³-hybridized carbons (Fsp3) is 1.00. The summed E-state index contributed by atoms with van der Waals surface area (Å²) in [6.45, 7) is 6.33. The Bertz CT molecular complexity index is 221. The SMILES string of the molecule is CCOC[P+](=O)CP(=O)(OCC)OCC. The van der Waals surface area contributed by atoms with Crippen LogP contribution in [0.2, 0.25) is 0 Å². The number of hydrogen-bond acceptors (Lipinski definition) is 5. The summed E-state index contributed by atoms with van der Waals surface area (Å²) in [5.41, 5.74) is 0. The molecule has 1 unspecified atom stereocenters. The summed E-state index contributed by atoms with van der Waals surface area (Å²) < 4.78 is 38.4. The van der Waals surface area contributed by atoms with Crippen molar-refractivity contribution in [2.45, 2.75) is 20.8 Å². The molecule has 15 heavy (non-hydrogen) atoms. The zero-order valence-corrected chi connectivity index (χ0v) is 11.3. The van der Waals surface area contributed by atoms with E-state index in [1.54, 1.807) is 13.8 Å². The van der Waals surface area contributed by atoms with Gasteiger partial charge >= 0.3 is 15.4 Å². The first-order chi connectivity index (χ1) is 7.08. The first-order valence-corrected chi connectivity index (χ1v) is 8.31. The van der Waals surface area contributed by atoms with Gasteiger partial charge in [0.1, 0.15) is 0 Å². The molecule has 1 atom stereocenters. The van der Waals surface area contributed by atoms with Crippen LogP contribution in [0.25, 0.3) is 0 Å². The second kappa shape index (κ2) is 8.37. The van der Waals surface area contributed by atoms with Crippen molar-refractivity contribution in [1.82, 2.24) is 0 Å². The first kappa shape index (κ1) is 15.2. The first-order valence-electron chi connectivity index (χ1n) is 4.96. The third-order valence-electron chi connectivity index (χ3n) is 1.42. The van der Waals surface area contributed by atoms with Crippen molar-refractivity contribution in [1.29, 1.82) is 0 Å². The topological polar surface area (TPSA) is 61.8 Å². The maximum absolute atomic E-state index is 11.9. The van der Waals surface area contributed by atoms with Crippen LogP contribution >= 0.6 is 15.4 Å². The Morgan fingerprint density at radius 1 is 1.07 bits per heavy atom. The molecule has 0 aliphatic rings. The van der Waals surface area contributed by atoms with Crippen LogP contribution in [0.4, 0.5) is 0 Å². The van der Waals surface area contributed by atoms with Crippen LogP contribution in [0.15, 0.2) is 0 Å². The summed E-state index contributed by atoms with van der Waals surface area (Å²) in [6.07, 6.45) is 0.107. The second-order valence-electron chi connectivity index (χ2n) is 2.69. The molecule has 0 aromatic rings. The van der Waals surface area contributed by atoms with Crippen LogP contribution in [-0.4, -0.2) is 32.1 Å². The summed E-state index contributed by atoms with van der Waals surface area (Å²) >= 11 is 0. The van der Waals surface area contributed by atoms with E-state index >= 15 is 0 Å². The molecule has 0 N–H and O–H groups in total. The van der Waals surface area contributed by atoms with E-state index in [2.05, 4.69) is 0 Å². The lowest BCUT2D eigenvalue weighted by molar-refractivity contribution is 0.192. The molecule has 90 valence electrons. The van der Waals surface area contributed by atoms with Crippen LogP contribution in [-0.2, 0) is 22.9 Å². The summed E-state index contributed by atoms with van der Waals surface area (Å²) in [5.74, 6) is -0.0655. The van der Waals surface area contributed by atoms with Gasteiger partial charge in [-0.25, -0.2) is 0 Å². The maximum Gasteiger partial charge on any atom is 0.379 e. The molecule has 0 bridgehead atoms. The van der Waals surface area contributed by atoms with Crippen molar-refractivity contribution >= 4 is 15.4 Å². The lowest BCUT2D eigenvalue weighted by atomic mass is 10.9. The Morgan fingerprint density at radius 2 is 1.60 bits per heavy atom. The summed E-state index contributed by atoms with van der Waals surface area (Å²) in [6, 6.07) is 0. The van der Waals surface area contributed by atoms with Gasteiger partial charge < -0.3 is 13.8 Å². The van der Waals surface area contributed by atoms with Gasteiger partial charge in [-0.1, -0.05) is 4.57 Å². The van der Waals surface area contributed by atoms with Gasteiger partial charge in [0.25, 0.3) is 0 Å². The molecule has 0 aliphatic heterocycles. The van der Waals surface area contributed by atoms with E-state index in [0.717, 1.165) is 0 Å². The third-order valence-corrected chi connectivity index (χ3v) is 5.84. The highest BCUT2D eigenvalue weighted by Gasteiger charge is 2.35. The minimum absolute atomic E-state index is 0.0655. The average Bonchev–Trinajstić information content (AvgIpc) is 2.15. The van der Waals surface area contributed by atoms with E-state index in [0.29, 0.717) is 6.61 Å². The summed E-state index contributed by atoms with van der Waals surface area (Å²) in [7, 11) is -4.86. The minimum Gasteiger partial charge on any atom is -0.338 e. The third kappa shape index (κ3) is 7.15. The molecule has 7 heteroatoms. The Morgan fingerprint density at radius 3 is 2.00 bits per heavy atom. The molecule has 0 fully saturated rings. The van der Waals surface area contributed by atoms with E-state index in [9.17, 15) is 9.13 Å². The van der Waals surface area contributed by atoms with Crippen molar-refractivity contribution in [2.75, 3.05) is 32.1 Å². The molecule has 0 aromatic heterocycles. The zero-order chi connectivity index (χ0) is 11.7. The zero-order valence-electron chi connectivity index (χ0n) is 9.47. The Hall–Kier alpha value is 0.210. The number of rotatable bonds is 9. The molecule has 0 rings (SSSR count). The van der Waals surface area contributed by atoms with Gasteiger partial charge in [0.15, 0.2) is 0 Å². The van der Waals surface area contributed by atoms with Gasteiger partial charge in [-0.05, 0) is 20.8 Å². The number of hydrogen-bond donors (Lipinski definition) is 0. The highest BCUT2D eigenvalue weighted by atomic mass is 31.2. The summed E-state index contributed by atoms with van der Waals surface area (Å²) in [5, 5.41) is 0. The van der Waals surface area contributed by atoms with Gasteiger partial charge in [-0.3, -0.25) is 4.57 Å². The molecule has 0 saturated heterocycles. The Balaban J connectivity index is 4.15. The van der Waals surface area contributed by atoms with Crippen molar-refractivity contribution in [3.63, 3.8) is 0 Å². The van der Waals surface area contributed by atoms with Gasteiger partial charge in [0, 0.05) is 6.61 Å². The highest BCUT2D eigenvalue weighted by Crippen LogP contribution is 2.54. The van der Waals surface area contributed by atoms with Gasteiger partial charge in [0.05, 0.1) is 13.2 Å². The van der Waals surface area contributed by atoms with Crippen molar-refractivity contribution < 1.29 is 22.9 Å². The average molecular weight is 257 g/mol. The molecule has 0 aromatic carbocycles. The standard InChI is InChI=1S/C8H19O5P2/c1-4-11-7-14(9)8-15(10,12-5-2)13-6-3/h4-8H2,1-3H3/q+1. The Labute approximate surface area is 91.8 Å². The molecular formula is C8H19O5P2+. The maximum atomic E-state index is 11.9. The lowest BCUT2D eigenvalue weighted by Gasteiger charge is -2.11. The molecular weight excluding hydrogens is 238 g/mol. The van der Waals surface area contributed by atoms with Gasteiger partial charge in [-0.15, -0.1) is 0 Å². The quantitative estimate of drug-likeness (QED) is 0.594. The molecule has 0 saturated carbocycles. The molecule has 0 radical (unpaired) electrons. The molecule has 0 heterocycles. The monoisotopic (exact) mass is 257 g/mol. The predicted octanol–water partition coefficient (Wildman–Crippen LogP) is 3.03. The van der Waals surface area contributed by atoms with E-state index in [1.165, 1.54) is 0 Å². The largest absolute Gasteiger partial charge is 0.379 e. The van der Waals surface area contributed by atoms with E-state index < -0.39 is 15.4 Å². The molecule has 0 amide bonds. The van der Waals surface area contributed by atoms with Crippen LogP contribution in [0.5, 0.6) is 0 Å². The molecule has 0 aliphatic carbocycles. The van der Waals surface area contributed by atoms with E-state index in [4.69, 9.17) is 13.8 Å². The summed E-state index contributed by atoms with van der Waals surface area (Å²) in [4.78, 5) is 0. The fourth-order valence-electron chi connectivity index (χ4n) is 0.939. The fourth-order valence-corrected chi connectivity index (χ4v) is 4.71. The van der Waals surface area contributed by atoms with Crippen LogP contribution in [0.3, 0.4) is 0 Å². The lowest BCUT2D eigenvalue weighted by Crippen LogP contribution is -1.99. The van der Waals surface area contributed by atoms with E-state index in [1.807, 2.05) is 6.92 Å². The van der Waals surface area contributed by atoms with Crippen LogP contribution < -0.4 is 0 Å². The predicted molar refractivity (Wildman–Crippen MR) is 59.8 cm³/mol. The molecule has 0 spiro atoms. The van der Waals surface area contributed by atoms with Crippen molar-refractivity contribution in [2.24, 2.45) is 0 Å². The van der Waals surface area contributed by atoms with Crippen molar-refractivity contribution in [3.05, 3.63) is 0 Å². The van der Waals surface area contributed by atoms with Crippen LogP contribution in [0, 0.1) is 0 Å². The van der Waals surface area contributed by atoms with E-state index in [-0.39, 0.29) is 25.5 Å². The second-order valence-corrected chi connectivity index (χ2v) is 6.78. The minimum atomic E-state index is -3.18. The van der Waals surface area contributed by atoms with Gasteiger partial charge in [0.2, 0.25) is 12.3 Å². The number of ether oxygens (including phenoxy) is 1. The van der Waals surface area contributed by atoms with Crippen LogP contribution in [0.1, 0.15) is 20.8 Å². The normalized spacial score (nSPS) is 12.9.